The van der Waals surface area contributed by atoms with Crippen LogP contribution in [0.2, 0.25) is 0 Å². The van der Waals surface area contributed by atoms with Gasteiger partial charge in [-0.3, -0.25) is 4.79 Å². The van der Waals surface area contributed by atoms with Gasteiger partial charge in [0.2, 0.25) is 17.6 Å². The number of carbonyl (C=O) groups excluding carboxylic acids is 1. The molecule has 0 spiro atoms. The smallest absolute Gasteiger partial charge is 0.249 e. The number of nitrogens with zero attached hydrogens (tertiary/aromatic N) is 2. The van der Waals surface area contributed by atoms with Crippen LogP contribution in [0.5, 0.6) is 0 Å². The molecule has 1 N–H and O–H groups in total. The highest BCUT2D eigenvalue weighted by atomic mass is 16.5. The Kier molecular flexibility index (Phi) is 6.35. The SMILES string of the molecule is O=C(CCC1CCCC1)N[C@@H](Cc1ccccc1)c1nc(-c2ccccc2)no1. The van der Waals surface area contributed by atoms with Crippen molar-refractivity contribution in [3.8, 4) is 11.4 Å². The Balaban J connectivity index is 1.47. The molecule has 0 bridgehead atoms. The summed E-state index contributed by atoms with van der Waals surface area (Å²) in [5.74, 6) is 1.74. The van der Waals surface area contributed by atoms with Gasteiger partial charge in [-0.05, 0) is 17.9 Å². The van der Waals surface area contributed by atoms with Crippen molar-refractivity contribution in [3.05, 3.63) is 72.1 Å². The Labute approximate surface area is 171 Å². The molecule has 1 aromatic heterocycles. The Bertz CT molecular complexity index is 902. The van der Waals surface area contributed by atoms with E-state index in [0.29, 0.717) is 30.5 Å². The van der Waals surface area contributed by atoms with E-state index >= 15 is 0 Å². The summed E-state index contributed by atoms with van der Waals surface area (Å²) in [5.41, 5.74) is 2.02. The van der Waals surface area contributed by atoms with Crippen LogP contribution in [0.15, 0.2) is 65.2 Å². The summed E-state index contributed by atoms with van der Waals surface area (Å²) < 4.78 is 5.56. The van der Waals surface area contributed by atoms with Crippen LogP contribution in [-0.4, -0.2) is 16.0 Å². The minimum absolute atomic E-state index is 0.0530. The molecule has 3 aromatic rings. The third kappa shape index (κ3) is 5.31. The molecule has 1 fully saturated rings. The van der Waals surface area contributed by atoms with Crippen LogP contribution in [0.4, 0.5) is 0 Å². The fourth-order valence-corrected chi connectivity index (χ4v) is 4.03. The van der Waals surface area contributed by atoms with Crippen molar-refractivity contribution in [3.63, 3.8) is 0 Å². The molecular weight excluding hydrogens is 362 g/mol. The predicted octanol–water partition coefficient (Wildman–Crippen LogP) is 5.11. The zero-order valence-electron chi connectivity index (χ0n) is 16.6. The fourth-order valence-electron chi connectivity index (χ4n) is 4.03. The summed E-state index contributed by atoms with van der Waals surface area (Å²) in [6, 6.07) is 19.5. The zero-order chi connectivity index (χ0) is 19.9. The highest BCUT2D eigenvalue weighted by Crippen LogP contribution is 2.28. The van der Waals surface area contributed by atoms with E-state index in [4.69, 9.17) is 4.52 Å². The molecule has 150 valence electrons. The van der Waals surface area contributed by atoms with E-state index in [1.807, 2.05) is 60.7 Å². The lowest BCUT2D eigenvalue weighted by Crippen LogP contribution is -2.30. The van der Waals surface area contributed by atoms with Crippen LogP contribution in [0.25, 0.3) is 11.4 Å². The summed E-state index contributed by atoms with van der Waals surface area (Å²) in [6.45, 7) is 0. The third-order valence-corrected chi connectivity index (χ3v) is 5.64. The molecule has 0 radical (unpaired) electrons. The Morgan fingerprint density at radius 1 is 1.03 bits per heavy atom. The van der Waals surface area contributed by atoms with Crippen LogP contribution < -0.4 is 5.32 Å². The van der Waals surface area contributed by atoms with Gasteiger partial charge in [-0.2, -0.15) is 4.98 Å². The lowest BCUT2D eigenvalue weighted by molar-refractivity contribution is -0.122. The van der Waals surface area contributed by atoms with Crippen molar-refractivity contribution in [1.82, 2.24) is 15.5 Å². The summed E-state index contributed by atoms with van der Waals surface area (Å²) in [6.07, 6.45) is 7.24. The van der Waals surface area contributed by atoms with Crippen molar-refractivity contribution >= 4 is 5.91 Å². The van der Waals surface area contributed by atoms with Crippen molar-refractivity contribution in [2.75, 3.05) is 0 Å². The van der Waals surface area contributed by atoms with Crippen molar-refractivity contribution in [2.45, 2.75) is 51.0 Å². The Hall–Kier alpha value is -2.95. The highest BCUT2D eigenvalue weighted by Gasteiger charge is 2.23. The van der Waals surface area contributed by atoms with Crippen molar-refractivity contribution < 1.29 is 9.32 Å². The maximum absolute atomic E-state index is 12.6. The molecule has 1 amide bonds. The first-order chi connectivity index (χ1) is 14.3. The standard InChI is InChI=1S/C24H27N3O2/c28-22(16-15-18-9-7-8-10-18)25-21(17-19-11-3-1-4-12-19)24-26-23(27-29-24)20-13-5-2-6-14-20/h1-6,11-14,18,21H,7-10,15-17H2,(H,25,28)/t21-/m0/s1. The van der Waals surface area contributed by atoms with Gasteiger partial charge in [-0.15, -0.1) is 0 Å². The number of rotatable bonds is 8. The van der Waals surface area contributed by atoms with Gasteiger partial charge in [0.05, 0.1) is 0 Å². The van der Waals surface area contributed by atoms with E-state index < -0.39 is 0 Å². The van der Waals surface area contributed by atoms with Crippen LogP contribution in [0.3, 0.4) is 0 Å². The summed E-state index contributed by atoms with van der Waals surface area (Å²) in [4.78, 5) is 17.2. The second kappa shape index (κ2) is 9.50. The lowest BCUT2D eigenvalue weighted by Gasteiger charge is -2.16. The molecule has 5 nitrogen and oxygen atoms in total. The molecule has 1 aliphatic rings. The number of benzene rings is 2. The van der Waals surface area contributed by atoms with E-state index in [1.54, 1.807) is 0 Å². The molecule has 4 rings (SSSR count). The second-order valence-corrected chi connectivity index (χ2v) is 7.82. The van der Waals surface area contributed by atoms with E-state index in [1.165, 1.54) is 25.7 Å². The molecule has 5 heteroatoms. The minimum Gasteiger partial charge on any atom is -0.344 e. The maximum Gasteiger partial charge on any atom is 0.249 e. The summed E-state index contributed by atoms with van der Waals surface area (Å²) >= 11 is 0. The first-order valence-electron chi connectivity index (χ1n) is 10.5. The van der Waals surface area contributed by atoms with Crippen LogP contribution in [0.1, 0.15) is 56.0 Å². The van der Waals surface area contributed by atoms with Gasteiger partial charge in [-0.25, -0.2) is 0 Å². The third-order valence-electron chi connectivity index (χ3n) is 5.64. The van der Waals surface area contributed by atoms with Gasteiger partial charge in [0.1, 0.15) is 6.04 Å². The monoisotopic (exact) mass is 389 g/mol. The van der Waals surface area contributed by atoms with E-state index in [2.05, 4.69) is 15.5 Å². The molecule has 0 aliphatic heterocycles. The zero-order valence-corrected chi connectivity index (χ0v) is 16.6. The lowest BCUT2D eigenvalue weighted by atomic mass is 10.0. The maximum atomic E-state index is 12.6. The second-order valence-electron chi connectivity index (χ2n) is 7.82. The molecule has 1 heterocycles. The van der Waals surface area contributed by atoms with Crippen molar-refractivity contribution in [2.24, 2.45) is 5.92 Å². The topological polar surface area (TPSA) is 68.0 Å². The number of hydrogen-bond donors (Lipinski definition) is 1. The van der Waals surface area contributed by atoms with Crippen LogP contribution in [-0.2, 0) is 11.2 Å². The first kappa shape index (κ1) is 19.4. The molecule has 2 aromatic carbocycles. The molecule has 1 saturated carbocycles. The van der Waals surface area contributed by atoms with Gasteiger partial charge < -0.3 is 9.84 Å². The number of hydrogen-bond acceptors (Lipinski definition) is 4. The molecular formula is C24H27N3O2. The number of carbonyl (C=O) groups is 1. The van der Waals surface area contributed by atoms with Gasteiger partial charge >= 0.3 is 0 Å². The fraction of sp³-hybridized carbons (Fsp3) is 0.375. The van der Waals surface area contributed by atoms with Crippen LogP contribution >= 0.6 is 0 Å². The molecule has 1 atom stereocenters. The Morgan fingerprint density at radius 3 is 2.45 bits per heavy atom. The average molecular weight is 389 g/mol. The largest absolute Gasteiger partial charge is 0.344 e. The van der Waals surface area contributed by atoms with Gasteiger partial charge in [0.25, 0.3) is 0 Å². The number of aromatic nitrogens is 2. The predicted molar refractivity (Wildman–Crippen MR) is 112 cm³/mol. The van der Waals surface area contributed by atoms with Crippen LogP contribution in [0, 0.1) is 5.92 Å². The van der Waals surface area contributed by atoms with Crippen molar-refractivity contribution in [1.29, 1.82) is 0 Å². The van der Waals surface area contributed by atoms with Gasteiger partial charge in [0, 0.05) is 18.4 Å². The van der Waals surface area contributed by atoms with E-state index in [9.17, 15) is 4.79 Å². The summed E-state index contributed by atoms with van der Waals surface area (Å²) in [5, 5.41) is 7.26. The van der Waals surface area contributed by atoms with E-state index in [0.717, 1.165) is 17.5 Å². The Morgan fingerprint density at radius 2 is 1.72 bits per heavy atom. The molecule has 0 saturated heterocycles. The average Bonchev–Trinajstić information content (AvgIpc) is 3.46. The number of nitrogens with one attached hydrogen (secondary N) is 1. The molecule has 0 unspecified atom stereocenters. The van der Waals surface area contributed by atoms with Gasteiger partial charge in [-0.1, -0.05) is 91.5 Å². The summed E-state index contributed by atoms with van der Waals surface area (Å²) in [7, 11) is 0. The highest BCUT2D eigenvalue weighted by molar-refractivity contribution is 5.76. The quantitative estimate of drug-likeness (QED) is 0.581. The minimum atomic E-state index is -0.335. The van der Waals surface area contributed by atoms with Gasteiger partial charge in [0.15, 0.2) is 0 Å². The molecule has 29 heavy (non-hydrogen) atoms. The normalized spacial score (nSPS) is 15.3. The number of amides is 1. The first-order valence-corrected chi connectivity index (χ1v) is 10.5. The molecule has 1 aliphatic carbocycles. The van der Waals surface area contributed by atoms with E-state index in [-0.39, 0.29) is 11.9 Å².